The van der Waals surface area contributed by atoms with Crippen LogP contribution in [0, 0.1) is 12.7 Å². The monoisotopic (exact) mass is 285 g/mol. The average Bonchev–Trinajstić information content (AvgIpc) is 2.45. The Morgan fingerprint density at radius 1 is 1.24 bits per heavy atom. The fourth-order valence-corrected chi connectivity index (χ4v) is 2.84. The van der Waals surface area contributed by atoms with E-state index in [-0.39, 0.29) is 5.56 Å². The molecule has 1 heterocycles. The molecule has 0 bridgehead atoms. The second-order valence-corrected chi connectivity index (χ2v) is 5.36. The van der Waals surface area contributed by atoms with Crippen molar-refractivity contribution >= 4 is 17.3 Å². The molecular weight excluding hydrogens is 269 g/mol. The van der Waals surface area contributed by atoms with Gasteiger partial charge in [0.2, 0.25) is 0 Å². The molecule has 2 aromatic carbocycles. The highest BCUT2D eigenvalue weighted by atomic mass is 19.1. The molecule has 21 heavy (non-hydrogen) atoms. The molecule has 1 N–H and O–H groups in total. The van der Waals surface area contributed by atoms with Crippen LogP contribution in [0.25, 0.3) is 0 Å². The zero-order valence-electron chi connectivity index (χ0n) is 11.8. The largest absolute Gasteiger partial charge is 0.478 e. The lowest BCUT2D eigenvalue weighted by Gasteiger charge is -2.31. The first-order valence-electron chi connectivity index (χ1n) is 6.96. The molecule has 1 aliphatic rings. The minimum atomic E-state index is -1.24. The predicted molar refractivity (Wildman–Crippen MR) is 79.9 cm³/mol. The molecule has 0 fully saturated rings. The molecule has 0 saturated heterocycles. The van der Waals surface area contributed by atoms with Crippen molar-refractivity contribution in [3.63, 3.8) is 0 Å². The van der Waals surface area contributed by atoms with Gasteiger partial charge in [0.25, 0.3) is 0 Å². The van der Waals surface area contributed by atoms with E-state index >= 15 is 0 Å². The summed E-state index contributed by atoms with van der Waals surface area (Å²) in [7, 11) is 0. The van der Waals surface area contributed by atoms with Gasteiger partial charge in [0.15, 0.2) is 0 Å². The maximum absolute atomic E-state index is 13.9. The molecule has 0 aliphatic carbocycles. The molecule has 0 spiro atoms. The number of carboxylic acid groups (broad SMARTS) is 1. The fraction of sp³-hybridized carbons (Fsp3) is 0.235. The van der Waals surface area contributed by atoms with E-state index in [4.69, 9.17) is 5.11 Å². The van der Waals surface area contributed by atoms with E-state index in [1.54, 1.807) is 6.07 Å². The molecule has 0 unspecified atom stereocenters. The molecule has 3 nitrogen and oxygen atoms in total. The number of rotatable bonds is 2. The summed E-state index contributed by atoms with van der Waals surface area (Å²) < 4.78 is 13.9. The Morgan fingerprint density at radius 3 is 2.76 bits per heavy atom. The van der Waals surface area contributed by atoms with Crippen LogP contribution < -0.4 is 4.90 Å². The van der Waals surface area contributed by atoms with Crippen LogP contribution in [0.5, 0.6) is 0 Å². The smallest absolute Gasteiger partial charge is 0.338 e. The second-order valence-electron chi connectivity index (χ2n) is 5.36. The Hall–Kier alpha value is -2.36. The van der Waals surface area contributed by atoms with E-state index in [9.17, 15) is 9.18 Å². The van der Waals surface area contributed by atoms with Gasteiger partial charge in [-0.15, -0.1) is 0 Å². The van der Waals surface area contributed by atoms with Crippen LogP contribution in [0.4, 0.5) is 15.8 Å². The van der Waals surface area contributed by atoms with Crippen molar-refractivity contribution in [3.8, 4) is 0 Å². The Bertz CT molecular complexity index is 712. The van der Waals surface area contributed by atoms with Crippen molar-refractivity contribution in [2.45, 2.75) is 19.8 Å². The Kier molecular flexibility index (Phi) is 3.37. The summed E-state index contributed by atoms with van der Waals surface area (Å²) in [5, 5.41) is 8.90. The zero-order valence-corrected chi connectivity index (χ0v) is 11.8. The summed E-state index contributed by atoms with van der Waals surface area (Å²) in [4.78, 5) is 12.9. The molecule has 2 aromatic rings. The van der Waals surface area contributed by atoms with Gasteiger partial charge in [-0.1, -0.05) is 17.7 Å². The zero-order chi connectivity index (χ0) is 15.0. The van der Waals surface area contributed by atoms with Crippen molar-refractivity contribution in [1.82, 2.24) is 0 Å². The number of anilines is 2. The number of carboxylic acids is 1. The van der Waals surface area contributed by atoms with Gasteiger partial charge in [0.1, 0.15) is 5.82 Å². The average molecular weight is 285 g/mol. The number of hydrogen-bond donors (Lipinski definition) is 1. The fourth-order valence-electron chi connectivity index (χ4n) is 2.84. The Morgan fingerprint density at radius 2 is 2.05 bits per heavy atom. The second kappa shape index (κ2) is 5.20. The van der Waals surface area contributed by atoms with Gasteiger partial charge in [-0.2, -0.15) is 0 Å². The number of aromatic carboxylic acids is 1. The summed E-state index contributed by atoms with van der Waals surface area (Å²) in [6, 6.07) is 10.5. The molecule has 0 atom stereocenters. The van der Waals surface area contributed by atoms with Crippen molar-refractivity contribution in [2.75, 3.05) is 11.4 Å². The summed E-state index contributed by atoms with van der Waals surface area (Å²) in [5.74, 6) is -1.94. The summed E-state index contributed by atoms with van der Waals surface area (Å²) in [5.41, 5.74) is 3.95. The lowest BCUT2D eigenvalue weighted by molar-refractivity contribution is 0.0692. The number of hydrogen-bond acceptors (Lipinski definition) is 2. The number of carbonyl (C=O) groups is 1. The van der Waals surface area contributed by atoms with E-state index in [1.165, 1.54) is 23.3 Å². The summed E-state index contributed by atoms with van der Waals surface area (Å²) >= 11 is 0. The molecule has 0 saturated carbocycles. The van der Waals surface area contributed by atoms with E-state index in [0.717, 1.165) is 25.1 Å². The molecule has 1 aliphatic heterocycles. The van der Waals surface area contributed by atoms with Gasteiger partial charge in [0, 0.05) is 17.9 Å². The van der Waals surface area contributed by atoms with E-state index in [0.29, 0.717) is 5.69 Å². The third kappa shape index (κ3) is 2.49. The van der Waals surface area contributed by atoms with Crippen molar-refractivity contribution < 1.29 is 14.3 Å². The van der Waals surface area contributed by atoms with Crippen LogP contribution >= 0.6 is 0 Å². The van der Waals surface area contributed by atoms with E-state index < -0.39 is 11.8 Å². The first-order valence-corrected chi connectivity index (χ1v) is 6.96. The molecule has 108 valence electrons. The maximum atomic E-state index is 13.9. The lowest BCUT2D eigenvalue weighted by atomic mass is 9.99. The number of fused-ring (bicyclic) bond motifs is 1. The number of aryl methyl sites for hydroxylation is 2. The minimum absolute atomic E-state index is 0.292. The van der Waals surface area contributed by atoms with Crippen molar-refractivity contribution in [1.29, 1.82) is 0 Å². The lowest BCUT2D eigenvalue weighted by Crippen LogP contribution is -2.24. The molecule has 0 amide bonds. The highest BCUT2D eigenvalue weighted by molar-refractivity contribution is 5.88. The molecule has 0 aromatic heterocycles. The van der Waals surface area contributed by atoms with Gasteiger partial charge in [-0.25, -0.2) is 9.18 Å². The number of nitrogens with zero attached hydrogens (tertiary/aromatic N) is 1. The standard InChI is InChI=1S/C17H16FNO2/c1-11-4-7-16-12(9-11)3-2-8-19(16)13-5-6-14(17(20)21)15(18)10-13/h4-7,9-10H,2-3,8H2,1H3,(H,20,21). The molecular formula is C17H16FNO2. The van der Waals surface area contributed by atoms with E-state index in [2.05, 4.69) is 13.0 Å². The number of halogens is 1. The summed E-state index contributed by atoms with van der Waals surface area (Å²) in [6.45, 7) is 2.86. The first-order chi connectivity index (χ1) is 10.1. The Labute approximate surface area is 122 Å². The predicted octanol–water partition coefficient (Wildman–Crippen LogP) is 3.92. The third-order valence-corrected chi connectivity index (χ3v) is 3.85. The van der Waals surface area contributed by atoms with Gasteiger partial charge >= 0.3 is 5.97 Å². The Balaban J connectivity index is 2.03. The minimum Gasteiger partial charge on any atom is -0.478 e. The number of benzene rings is 2. The first kappa shape index (κ1) is 13.6. The maximum Gasteiger partial charge on any atom is 0.338 e. The highest BCUT2D eigenvalue weighted by Gasteiger charge is 2.20. The van der Waals surface area contributed by atoms with Crippen LogP contribution in [0.3, 0.4) is 0 Å². The quantitative estimate of drug-likeness (QED) is 0.909. The normalized spacial score (nSPS) is 13.9. The van der Waals surface area contributed by atoms with Crippen LogP contribution in [0.1, 0.15) is 27.9 Å². The van der Waals surface area contributed by atoms with Crippen LogP contribution in [-0.4, -0.2) is 17.6 Å². The van der Waals surface area contributed by atoms with Crippen LogP contribution in [0.15, 0.2) is 36.4 Å². The molecule has 3 rings (SSSR count). The highest BCUT2D eigenvalue weighted by Crippen LogP contribution is 2.34. The van der Waals surface area contributed by atoms with Crippen molar-refractivity contribution in [3.05, 3.63) is 58.9 Å². The van der Waals surface area contributed by atoms with E-state index in [1.807, 2.05) is 17.0 Å². The van der Waals surface area contributed by atoms with Crippen LogP contribution in [-0.2, 0) is 6.42 Å². The van der Waals surface area contributed by atoms with Crippen LogP contribution in [0.2, 0.25) is 0 Å². The third-order valence-electron chi connectivity index (χ3n) is 3.85. The van der Waals surface area contributed by atoms with Gasteiger partial charge < -0.3 is 10.0 Å². The van der Waals surface area contributed by atoms with Gasteiger partial charge in [0.05, 0.1) is 5.56 Å². The van der Waals surface area contributed by atoms with Gasteiger partial charge in [-0.3, -0.25) is 0 Å². The topological polar surface area (TPSA) is 40.5 Å². The summed E-state index contributed by atoms with van der Waals surface area (Å²) in [6.07, 6.45) is 2.02. The SMILES string of the molecule is Cc1ccc2c(c1)CCCN2c1ccc(C(=O)O)c(F)c1. The molecule has 4 heteroatoms. The molecule has 0 radical (unpaired) electrons. The van der Waals surface area contributed by atoms with Crippen molar-refractivity contribution in [2.24, 2.45) is 0 Å². The van der Waals surface area contributed by atoms with Gasteiger partial charge in [-0.05, 0) is 49.6 Å².